The average molecular weight is 321 g/mol. The largest absolute Gasteiger partial charge is 0.372 e. The van der Waals surface area contributed by atoms with Crippen molar-refractivity contribution in [3.05, 3.63) is 29.3 Å². The number of hydrogen-bond acceptors (Lipinski definition) is 3. The monoisotopic (exact) mass is 321 g/mol. The molecule has 0 bridgehead atoms. The normalized spacial score (nSPS) is 28.5. The van der Waals surface area contributed by atoms with Crippen LogP contribution in [0.15, 0.2) is 23.1 Å². The first-order valence-electron chi connectivity index (χ1n) is 8.35. The summed E-state index contributed by atoms with van der Waals surface area (Å²) >= 11 is 0. The van der Waals surface area contributed by atoms with Crippen LogP contribution in [0.5, 0.6) is 0 Å². The Morgan fingerprint density at radius 1 is 1.05 bits per heavy atom. The first-order valence-corrected chi connectivity index (χ1v) is 9.84. The first kappa shape index (κ1) is 14.7. The van der Waals surface area contributed by atoms with Crippen molar-refractivity contribution >= 4 is 10.0 Å². The van der Waals surface area contributed by atoms with E-state index in [-0.39, 0.29) is 6.04 Å². The van der Waals surface area contributed by atoms with Crippen LogP contribution in [0.3, 0.4) is 0 Å². The number of sulfonamides is 1. The SMILES string of the molecule is O=S(=O)(NC1CC1C1CCCCC1)c1ccc2c(c1)COC2. The molecule has 120 valence electrons. The number of benzene rings is 1. The van der Waals surface area contributed by atoms with Crippen LogP contribution in [0.1, 0.15) is 49.7 Å². The molecule has 1 aliphatic heterocycles. The third-order valence-corrected chi connectivity index (χ3v) is 6.89. The van der Waals surface area contributed by atoms with Crippen LogP contribution >= 0.6 is 0 Å². The lowest BCUT2D eigenvalue weighted by atomic mass is 9.86. The molecule has 0 radical (unpaired) electrons. The number of rotatable bonds is 4. The fraction of sp³-hybridized carbons (Fsp3) is 0.647. The average Bonchev–Trinajstić information content (AvgIpc) is 3.11. The van der Waals surface area contributed by atoms with Gasteiger partial charge in [-0.3, -0.25) is 0 Å². The van der Waals surface area contributed by atoms with E-state index in [0.29, 0.717) is 24.0 Å². The van der Waals surface area contributed by atoms with Gasteiger partial charge in [0.2, 0.25) is 10.0 Å². The molecule has 4 rings (SSSR count). The van der Waals surface area contributed by atoms with Gasteiger partial charge in [-0.25, -0.2) is 13.1 Å². The highest BCUT2D eigenvalue weighted by Crippen LogP contribution is 2.44. The first-order chi connectivity index (χ1) is 10.6. The third kappa shape index (κ3) is 2.82. The Bertz CT molecular complexity index is 664. The van der Waals surface area contributed by atoms with Gasteiger partial charge in [0, 0.05) is 6.04 Å². The Hall–Kier alpha value is -0.910. The lowest BCUT2D eigenvalue weighted by Gasteiger charge is -2.21. The quantitative estimate of drug-likeness (QED) is 0.927. The van der Waals surface area contributed by atoms with Crippen LogP contribution in [0.25, 0.3) is 0 Å². The van der Waals surface area contributed by atoms with Crippen LogP contribution in [0, 0.1) is 11.8 Å². The summed E-state index contributed by atoms with van der Waals surface area (Å²) in [7, 11) is -3.40. The summed E-state index contributed by atoms with van der Waals surface area (Å²) in [6.45, 7) is 1.11. The van der Waals surface area contributed by atoms with Gasteiger partial charge >= 0.3 is 0 Å². The molecule has 2 saturated carbocycles. The second-order valence-corrected chi connectivity index (χ2v) is 8.66. The maximum atomic E-state index is 12.6. The summed E-state index contributed by atoms with van der Waals surface area (Å²) in [6, 6.07) is 5.50. The van der Waals surface area contributed by atoms with Gasteiger partial charge in [-0.1, -0.05) is 38.2 Å². The van der Waals surface area contributed by atoms with Gasteiger partial charge in [-0.15, -0.1) is 0 Å². The van der Waals surface area contributed by atoms with Crippen molar-refractivity contribution in [3.8, 4) is 0 Å². The summed E-state index contributed by atoms with van der Waals surface area (Å²) in [6.07, 6.45) is 7.53. The van der Waals surface area contributed by atoms with E-state index >= 15 is 0 Å². The molecule has 3 aliphatic rings. The summed E-state index contributed by atoms with van der Waals surface area (Å²) in [5, 5.41) is 0. The van der Waals surface area contributed by atoms with Crippen molar-refractivity contribution in [1.29, 1.82) is 0 Å². The van der Waals surface area contributed by atoms with E-state index in [4.69, 9.17) is 4.74 Å². The maximum absolute atomic E-state index is 12.6. The molecule has 5 heteroatoms. The molecule has 2 aliphatic carbocycles. The zero-order valence-corrected chi connectivity index (χ0v) is 13.6. The Labute approximate surface area is 132 Å². The van der Waals surface area contributed by atoms with E-state index in [2.05, 4.69) is 4.72 Å². The lowest BCUT2D eigenvalue weighted by Crippen LogP contribution is -2.28. The van der Waals surface area contributed by atoms with Crippen LogP contribution < -0.4 is 4.72 Å². The Kier molecular flexibility index (Phi) is 3.75. The fourth-order valence-corrected chi connectivity index (χ4v) is 5.37. The minimum Gasteiger partial charge on any atom is -0.372 e. The molecule has 22 heavy (non-hydrogen) atoms. The highest BCUT2D eigenvalue weighted by molar-refractivity contribution is 7.89. The zero-order valence-electron chi connectivity index (χ0n) is 12.8. The Morgan fingerprint density at radius 2 is 1.82 bits per heavy atom. The summed E-state index contributed by atoms with van der Waals surface area (Å²) in [5.74, 6) is 1.29. The van der Waals surface area contributed by atoms with Crippen molar-refractivity contribution in [2.75, 3.05) is 0 Å². The molecular weight excluding hydrogens is 298 g/mol. The van der Waals surface area contributed by atoms with Crippen LogP contribution in [-0.2, 0) is 28.0 Å². The molecule has 1 heterocycles. The van der Waals surface area contributed by atoms with Gasteiger partial charge in [-0.2, -0.15) is 0 Å². The van der Waals surface area contributed by atoms with Crippen LogP contribution in [0.2, 0.25) is 0 Å². The second-order valence-electron chi connectivity index (χ2n) is 6.95. The topological polar surface area (TPSA) is 55.4 Å². The van der Waals surface area contributed by atoms with Crippen LogP contribution in [0.4, 0.5) is 0 Å². The number of hydrogen-bond donors (Lipinski definition) is 1. The zero-order chi connectivity index (χ0) is 15.2. The van der Waals surface area contributed by atoms with Crippen molar-refractivity contribution in [2.24, 2.45) is 11.8 Å². The molecule has 0 saturated heterocycles. The van der Waals surface area contributed by atoms with Gasteiger partial charge in [-0.05, 0) is 41.5 Å². The van der Waals surface area contributed by atoms with Gasteiger partial charge in [0.15, 0.2) is 0 Å². The standard InChI is InChI=1S/C17H23NO3S/c19-22(20,15-7-6-13-10-21-11-14(13)8-15)18-17-9-16(17)12-4-2-1-3-5-12/h6-8,12,16-18H,1-5,9-11H2. The number of fused-ring (bicyclic) bond motifs is 1. The molecule has 1 aromatic carbocycles. The molecule has 4 nitrogen and oxygen atoms in total. The molecule has 0 amide bonds. The van der Waals surface area contributed by atoms with E-state index in [9.17, 15) is 8.42 Å². The smallest absolute Gasteiger partial charge is 0.240 e. The minimum atomic E-state index is -3.40. The predicted octanol–water partition coefficient (Wildman–Crippen LogP) is 2.96. The van der Waals surface area contributed by atoms with Crippen LogP contribution in [-0.4, -0.2) is 14.5 Å². The lowest BCUT2D eigenvalue weighted by molar-refractivity contribution is 0.134. The predicted molar refractivity (Wildman–Crippen MR) is 83.7 cm³/mol. The third-order valence-electron chi connectivity index (χ3n) is 5.40. The maximum Gasteiger partial charge on any atom is 0.240 e. The molecule has 0 aromatic heterocycles. The second kappa shape index (κ2) is 5.62. The Balaban J connectivity index is 1.44. The molecule has 2 atom stereocenters. The highest BCUT2D eigenvalue weighted by Gasteiger charge is 2.45. The number of ether oxygens (including phenoxy) is 1. The molecule has 1 N–H and O–H groups in total. The van der Waals surface area contributed by atoms with E-state index in [1.54, 1.807) is 12.1 Å². The van der Waals surface area contributed by atoms with E-state index in [1.165, 1.54) is 32.1 Å². The molecular formula is C17H23NO3S. The van der Waals surface area contributed by atoms with Gasteiger partial charge < -0.3 is 4.74 Å². The van der Waals surface area contributed by atoms with Gasteiger partial charge in [0.05, 0.1) is 18.1 Å². The van der Waals surface area contributed by atoms with E-state index in [0.717, 1.165) is 23.5 Å². The van der Waals surface area contributed by atoms with Crippen molar-refractivity contribution in [2.45, 2.75) is 62.7 Å². The van der Waals surface area contributed by atoms with E-state index in [1.807, 2.05) is 6.07 Å². The highest BCUT2D eigenvalue weighted by atomic mass is 32.2. The van der Waals surface area contributed by atoms with Gasteiger partial charge in [0.1, 0.15) is 0 Å². The van der Waals surface area contributed by atoms with Crippen molar-refractivity contribution in [3.63, 3.8) is 0 Å². The van der Waals surface area contributed by atoms with E-state index < -0.39 is 10.0 Å². The fourth-order valence-electron chi connectivity index (χ4n) is 4.02. The molecule has 2 unspecified atom stereocenters. The molecule has 2 fully saturated rings. The van der Waals surface area contributed by atoms with Crippen molar-refractivity contribution in [1.82, 2.24) is 4.72 Å². The minimum absolute atomic E-state index is 0.151. The number of nitrogens with one attached hydrogen (secondary N) is 1. The molecule has 1 aromatic rings. The summed E-state index contributed by atoms with van der Waals surface area (Å²) in [4.78, 5) is 0.381. The van der Waals surface area contributed by atoms with Gasteiger partial charge in [0.25, 0.3) is 0 Å². The molecule has 0 spiro atoms. The van der Waals surface area contributed by atoms with Crippen molar-refractivity contribution < 1.29 is 13.2 Å². The Morgan fingerprint density at radius 3 is 2.64 bits per heavy atom. The summed E-state index contributed by atoms with van der Waals surface area (Å²) < 4.78 is 33.4. The summed E-state index contributed by atoms with van der Waals surface area (Å²) in [5.41, 5.74) is 2.10.